The van der Waals surface area contributed by atoms with Gasteiger partial charge in [-0.2, -0.15) is 0 Å². The molecule has 4 nitrogen and oxygen atoms in total. The lowest BCUT2D eigenvalue weighted by Crippen LogP contribution is -2.12. The van der Waals surface area contributed by atoms with E-state index in [9.17, 15) is 9.59 Å². The van der Waals surface area contributed by atoms with Crippen LogP contribution in [0.3, 0.4) is 0 Å². The highest BCUT2D eigenvalue weighted by Gasteiger charge is 2.07. The number of benzene rings is 2. The monoisotopic (exact) mass is 356 g/mol. The van der Waals surface area contributed by atoms with E-state index in [1.54, 1.807) is 47.4 Å². The van der Waals surface area contributed by atoms with Crippen LogP contribution in [0, 0.1) is 0 Å². The Morgan fingerprint density at radius 2 is 2.00 bits per heavy atom. The standard InChI is InChI=1S/C18H16N2O2S2/c1-12(21)13-5-4-6-14(11-13)19-17(22)9-10-23-18-20-15-7-2-3-8-16(15)24-18/h2-8,11H,9-10H2,1H3,(H,19,22). The molecule has 0 atom stereocenters. The van der Waals surface area contributed by atoms with E-state index in [0.717, 1.165) is 14.6 Å². The third-order valence-corrected chi connectivity index (χ3v) is 5.56. The lowest BCUT2D eigenvalue weighted by molar-refractivity contribution is -0.115. The number of fused-ring (bicyclic) bond motifs is 1. The van der Waals surface area contributed by atoms with Crippen molar-refractivity contribution < 1.29 is 9.59 Å². The molecule has 3 aromatic rings. The van der Waals surface area contributed by atoms with Crippen molar-refractivity contribution in [1.29, 1.82) is 0 Å². The van der Waals surface area contributed by atoms with Gasteiger partial charge in [-0.1, -0.05) is 36.0 Å². The number of para-hydroxylation sites is 1. The lowest BCUT2D eigenvalue weighted by Gasteiger charge is -2.05. The molecule has 0 unspecified atom stereocenters. The predicted molar refractivity (Wildman–Crippen MR) is 100 cm³/mol. The van der Waals surface area contributed by atoms with Crippen LogP contribution in [0.25, 0.3) is 10.2 Å². The fourth-order valence-electron chi connectivity index (χ4n) is 2.18. The number of carbonyl (C=O) groups excluding carboxylic acids is 2. The Morgan fingerprint density at radius 3 is 2.79 bits per heavy atom. The van der Waals surface area contributed by atoms with Gasteiger partial charge in [0.25, 0.3) is 0 Å². The molecular formula is C18H16N2O2S2. The molecule has 1 aromatic heterocycles. The molecule has 0 bridgehead atoms. The molecule has 0 fully saturated rings. The smallest absolute Gasteiger partial charge is 0.225 e. The molecular weight excluding hydrogens is 340 g/mol. The van der Waals surface area contributed by atoms with Crippen LogP contribution in [0.4, 0.5) is 5.69 Å². The van der Waals surface area contributed by atoms with E-state index in [1.807, 2.05) is 24.3 Å². The summed E-state index contributed by atoms with van der Waals surface area (Å²) >= 11 is 3.23. The van der Waals surface area contributed by atoms with E-state index in [2.05, 4.69) is 10.3 Å². The lowest BCUT2D eigenvalue weighted by atomic mass is 10.1. The Balaban J connectivity index is 1.52. The summed E-state index contributed by atoms with van der Waals surface area (Å²) < 4.78 is 2.13. The van der Waals surface area contributed by atoms with Crippen LogP contribution in [0.1, 0.15) is 23.7 Å². The Hall–Kier alpha value is -2.18. The number of nitrogens with one attached hydrogen (secondary N) is 1. The molecule has 0 spiro atoms. The number of aromatic nitrogens is 1. The summed E-state index contributed by atoms with van der Waals surface area (Å²) in [6.07, 6.45) is 0.394. The quantitative estimate of drug-likeness (QED) is 0.517. The first kappa shape index (κ1) is 16.7. The molecule has 24 heavy (non-hydrogen) atoms. The largest absolute Gasteiger partial charge is 0.326 e. The van der Waals surface area contributed by atoms with Crippen molar-refractivity contribution in [2.24, 2.45) is 0 Å². The highest BCUT2D eigenvalue weighted by Crippen LogP contribution is 2.29. The molecule has 3 rings (SSSR count). The van der Waals surface area contributed by atoms with Gasteiger partial charge in [0.05, 0.1) is 10.2 Å². The van der Waals surface area contributed by atoms with Crippen molar-refractivity contribution in [3.8, 4) is 0 Å². The fourth-order valence-corrected chi connectivity index (χ4v) is 4.26. The van der Waals surface area contributed by atoms with E-state index in [1.165, 1.54) is 6.92 Å². The Kier molecular flexibility index (Phi) is 5.27. The Bertz CT molecular complexity index is 856. The molecule has 2 aromatic carbocycles. The van der Waals surface area contributed by atoms with Crippen molar-refractivity contribution in [1.82, 2.24) is 4.98 Å². The molecule has 1 amide bonds. The predicted octanol–water partition coefficient (Wildman–Crippen LogP) is 4.62. The van der Waals surface area contributed by atoms with Crippen LogP contribution in [0.5, 0.6) is 0 Å². The van der Waals surface area contributed by atoms with Gasteiger partial charge in [-0.15, -0.1) is 11.3 Å². The summed E-state index contributed by atoms with van der Waals surface area (Å²) in [5.74, 6) is 0.583. The van der Waals surface area contributed by atoms with Gasteiger partial charge in [0.2, 0.25) is 5.91 Å². The first-order chi connectivity index (χ1) is 11.6. The summed E-state index contributed by atoms with van der Waals surface area (Å²) in [4.78, 5) is 27.9. The third-order valence-electron chi connectivity index (χ3n) is 3.38. The number of thioether (sulfide) groups is 1. The summed E-state index contributed by atoms with van der Waals surface area (Å²) in [5, 5.41) is 2.83. The molecule has 122 valence electrons. The molecule has 6 heteroatoms. The van der Waals surface area contributed by atoms with E-state index in [-0.39, 0.29) is 11.7 Å². The second-order valence-corrected chi connectivity index (χ2v) is 7.60. The first-order valence-corrected chi connectivity index (χ1v) is 9.31. The number of anilines is 1. The van der Waals surface area contributed by atoms with E-state index >= 15 is 0 Å². The van der Waals surface area contributed by atoms with Crippen molar-refractivity contribution >= 4 is 50.7 Å². The number of ketones is 1. The zero-order chi connectivity index (χ0) is 16.9. The second kappa shape index (κ2) is 7.59. The third kappa shape index (κ3) is 4.21. The van der Waals surface area contributed by atoms with Crippen LogP contribution < -0.4 is 5.32 Å². The van der Waals surface area contributed by atoms with Gasteiger partial charge in [0, 0.05) is 23.4 Å². The number of Topliss-reactive ketones (excluding diaryl/α,β-unsaturated/α-hetero) is 1. The SMILES string of the molecule is CC(=O)c1cccc(NC(=O)CCSc2nc3ccccc3s2)c1. The van der Waals surface area contributed by atoms with Crippen molar-refractivity contribution in [2.45, 2.75) is 17.7 Å². The molecule has 0 radical (unpaired) electrons. The Labute approximate surface area is 148 Å². The fraction of sp³-hybridized carbons (Fsp3) is 0.167. The molecule has 1 heterocycles. The molecule has 0 saturated carbocycles. The van der Waals surface area contributed by atoms with Gasteiger partial charge >= 0.3 is 0 Å². The van der Waals surface area contributed by atoms with Crippen molar-refractivity contribution in [3.63, 3.8) is 0 Å². The second-order valence-electron chi connectivity index (χ2n) is 5.23. The van der Waals surface area contributed by atoms with E-state index < -0.39 is 0 Å². The van der Waals surface area contributed by atoms with Gasteiger partial charge < -0.3 is 5.32 Å². The highest BCUT2D eigenvalue weighted by atomic mass is 32.2. The van der Waals surface area contributed by atoms with Crippen LogP contribution >= 0.6 is 23.1 Å². The number of nitrogens with zero attached hydrogens (tertiary/aromatic N) is 1. The molecule has 1 N–H and O–H groups in total. The summed E-state index contributed by atoms with van der Waals surface area (Å²) in [7, 11) is 0. The summed E-state index contributed by atoms with van der Waals surface area (Å²) in [6, 6.07) is 15.0. The normalized spacial score (nSPS) is 10.7. The van der Waals surface area contributed by atoms with E-state index in [0.29, 0.717) is 23.4 Å². The number of carbonyl (C=O) groups is 2. The topological polar surface area (TPSA) is 59.1 Å². The zero-order valence-electron chi connectivity index (χ0n) is 13.1. The van der Waals surface area contributed by atoms with Crippen LogP contribution in [-0.2, 0) is 4.79 Å². The van der Waals surface area contributed by atoms with Gasteiger partial charge in [-0.25, -0.2) is 4.98 Å². The molecule has 0 aliphatic rings. The van der Waals surface area contributed by atoms with Crippen molar-refractivity contribution in [3.05, 3.63) is 54.1 Å². The van der Waals surface area contributed by atoms with Gasteiger partial charge in [-0.3, -0.25) is 9.59 Å². The number of amides is 1. The van der Waals surface area contributed by atoms with E-state index in [4.69, 9.17) is 0 Å². The Morgan fingerprint density at radius 1 is 1.17 bits per heavy atom. The minimum Gasteiger partial charge on any atom is -0.326 e. The zero-order valence-corrected chi connectivity index (χ0v) is 14.7. The molecule has 0 aliphatic carbocycles. The number of hydrogen-bond acceptors (Lipinski definition) is 5. The first-order valence-electron chi connectivity index (χ1n) is 7.51. The summed E-state index contributed by atoms with van der Waals surface area (Å²) in [6.45, 7) is 1.51. The minimum absolute atomic E-state index is 0.0162. The highest BCUT2D eigenvalue weighted by molar-refractivity contribution is 8.01. The van der Waals surface area contributed by atoms with Gasteiger partial charge in [-0.05, 0) is 31.2 Å². The van der Waals surface area contributed by atoms with Crippen LogP contribution in [0.2, 0.25) is 0 Å². The number of thiazole rings is 1. The van der Waals surface area contributed by atoms with Crippen molar-refractivity contribution in [2.75, 3.05) is 11.1 Å². The number of hydrogen-bond donors (Lipinski definition) is 1. The maximum Gasteiger partial charge on any atom is 0.225 e. The average Bonchev–Trinajstić information content (AvgIpc) is 2.97. The maximum absolute atomic E-state index is 12.0. The maximum atomic E-state index is 12.0. The number of rotatable bonds is 6. The average molecular weight is 356 g/mol. The van der Waals surface area contributed by atoms with Gasteiger partial charge in [0.15, 0.2) is 10.1 Å². The summed E-state index contributed by atoms with van der Waals surface area (Å²) in [5.41, 5.74) is 2.24. The van der Waals surface area contributed by atoms with Crippen LogP contribution in [-0.4, -0.2) is 22.4 Å². The molecule has 0 aliphatic heterocycles. The van der Waals surface area contributed by atoms with Gasteiger partial charge in [0.1, 0.15) is 0 Å². The van der Waals surface area contributed by atoms with Crippen LogP contribution in [0.15, 0.2) is 52.9 Å². The minimum atomic E-state index is -0.0655. The molecule has 0 saturated heterocycles.